The van der Waals surface area contributed by atoms with Crippen molar-refractivity contribution in [2.45, 2.75) is 64.2 Å². The largest absolute Gasteiger partial charge is 0.256 e. The SMILES string of the molecule is Cc1cnc(-c2ccc(Cl)cc2)cc1-c1ccc(C2CCC(C3CCCC3)CC2)cc1. The van der Waals surface area contributed by atoms with Crippen LogP contribution in [0.25, 0.3) is 22.4 Å². The Labute approximate surface area is 191 Å². The number of benzene rings is 2. The van der Waals surface area contributed by atoms with Gasteiger partial charge in [0.25, 0.3) is 0 Å². The van der Waals surface area contributed by atoms with Crippen LogP contribution in [0.2, 0.25) is 5.02 Å². The highest BCUT2D eigenvalue weighted by molar-refractivity contribution is 6.30. The highest BCUT2D eigenvalue weighted by Gasteiger charge is 2.29. The predicted octanol–water partition coefficient (Wildman–Crippen LogP) is 8.84. The summed E-state index contributed by atoms with van der Waals surface area (Å²) in [4.78, 5) is 4.65. The Kier molecular flexibility index (Phi) is 6.14. The van der Waals surface area contributed by atoms with E-state index in [0.29, 0.717) is 0 Å². The zero-order valence-electron chi connectivity index (χ0n) is 18.5. The number of nitrogens with zero attached hydrogens (tertiary/aromatic N) is 1. The van der Waals surface area contributed by atoms with E-state index in [4.69, 9.17) is 11.6 Å². The zero-order chi connectivity index (χ0) is 21.2. The van der Waals surface area contributed by atoms with Gasteiger partial charge in [-0.2, -0.15) is 0 Å². The second-order valence-electron chi connectivity index (χ2n) is 9.67. The monoisotopic (exact) mass is 429 g/mol. The Morgan fingerprint density at radius 2 is 1.35 bits per heavy atom. The van der Waals surface area contributed by atoms with Crippen molar-refractivity contribution in [3.8, 4) is 22.4 Å². The maximum atomic E-state index is 6.05. The highest BCUT2D eigenvalue weighted by atomic mass is 35.5. The van der Waals surface area contributed by atoms with Crippen LogP contribution in [0.4, 0.5) is 0 Å². The predicted molar refractivity (Wildman–Crippen MR) is 132 cm³/mol. The number of hydrogen-bond donors (Lipinski definition) is 0. The quantitative estimate of drug-likeness (QED) is 0.403. The third kappa shape index (κ3) is 4.58. The van der Waals surface area contributed by atoms with Crippen molar-refractivity contribution in [1.82, 2.24) is 4.98 Å². The Morgan fingerprint density at radius 3 is 2.03 bits per heavy atom. The molecule has 0 unspecified atom stereocenters. The third-order valence-corrected chi connectivity index (χ3v) is 8.03. The molecule has 0 radical (unpaired) electrons. The summed E-state index contributed by atoms with van der Waals surface area (Å²) in [6.07, 6.45) is 13.5. The summed E-state index contributed by atoms with van der Waals surface area (Å²) < 4.78 is 0. The third-order valence-electron chi connectivity index (χ3n) is 7.77. The summed E-state index contributed by atoms with van der Waals surface area (Å²) in [5.41, 5.74) is 7.36. The lowest BCUT2D eigenvalue weighted by atomic mass is 9.73. The molecule has 2 heteroatoms. The number of aromatic nitrogens is 1. The Morgan fingerprint density at radius 1 is 0.742 bits per heavy atom. The fraction of sp³-hybridized carbons (Fsp3) is 0.414. The summed E-state index contributed by atoms with van der Waals surface area (Å²) in [6, 6.07) is 19.5. The molecular formula is C29H32ClN. The van der Waals surface area contributed by atoms with Crippen LogP contribution in [0.5, 0.6) is 0 Å². The van der Waals surface area contributed by atoms with Crippen LogP contribution in [0, 0.1) is 18.8 Å². The second-order valence-corrected chi connectivity index (χ2v) is 10.1. The molecule has 160 valence electrons. The molecule has 1 aromatic heterocycles. The van der Waals surface area contributed by atoms with Crippen LogP contribution < -0.4 is 0 Å². The molecule has 2 saturated carbocycles. The summed E-state index contributed by atoms with van der Waals surface area (Å²) in [7, 11) is 0. The van der Waals surface area contributed by atoms with Gasteiger partial charge in [0, 0.05) is 16.8 Å². The Balaban J connectivity index is 1.31. The van der Waals surface area contributed by atoms with Crippen molar-refractivity contribution >= 4 is 11.6 Å². The van der Waals surface area contributed by atoms with Gasteiger partial charge in [-0.15, -0.1) is 0 Å². The minimum atomic E-state index is 0.745. The van der Waals surface area contributed by atoms with Crippen LogP contribution in [0.1, 0.15) is 68.4 Å². The van der Waals surface area contributed by atoms with Crippen LogP contribution in [0.15, 0.2) is 60.8 Å². The molecule has 2 aliphatic carbocycles. The lowest BCUT2D eigenvalue weighted by Gasteiger charge is -2.32. The molecule has 0 N–H and O–H groups in total. The number of aryl methyl sites for hydroxylation is 1. The molecule has 0 atom stereocenters. The maximum Gasteiger partial charge on any atom is 0.0708 e. The van der Waals surface area contributed by atoms with E-state index in [1.807, 2.05) is 30.5 Å². The average molecular weight is 430 g/mol. The highest BCUT2D eigenvalue weighted by Crippen LogP contribution is 2.43. The maximum absolute atomic E-state index is 6.05. The van der Waals surface area contributed by atoms with Crippen LogP contribution in [-0.2, 0) is 0 Å². The molecule has 2 fully saturated rings. The van der Waals surface area contributed by atoms with Gasteiger partial charge < -0.3 is 0 Å². The van der Waals surface area contributed by atoms with Crippen LogP contribution >= 0.6 is 11.6 Å². The van der Waals surface area contributed by atoms with Crippen molar-refractivity contribution in [3.05, 3.63) is 76.9 Å². The van der Waals surface area contributed by atoms with Gasteiger partial charge in [-0.3, -0.25) is 4.98 Å². The van der Waals surface area contributed by atoms with Crippen molar-refractivity contribution in [2.24, 2.45) is 11.8 Å². The van der Waals surface area contributed by atoms with E-state index in [9.17, 15) is 0 Å². The average Bonchev–Trinajstić information content (AvgIpc) is 3.35. The van der Waals surface area contributed by atoms with Gasteiger partial charge in [0.15, 0.2) is 0 Å². The van der Waals surface area contributed by atoms with Gasteiger partial charge in [-0.05, 0) is 90.8 Å². The number of hydrogen-bond acceptors (Lipinski definition) is 1. The van der Waals surface area contributed by atoms with Crippen molar-refractivity contribution in [2.75, 3.05) is 0 Å². The molecule has 3 aromatic rings. The van der Waals surface area contributed by atoms with Crippen LogP contribution in [0.3, 0.4) is 0 Å². The van der Waals surface area contributed by atoms with Crippen LogP contribution in [-0.4, -0.2) is 4.98 Å². The molecule has 1 heterocycles. The first-order valence-corrected chi connectivity index (χ1v) is 12.4. The van der Waals surface area contributed by atoms with Crippen molar-refractivity contribution < 1.29 is 0 Å². The fourth-order valence-corrected chi connectivity index (χ4v) is 6.03. The number of rotatable bonds is 4. The topological polar surface area (TPSA) is 12.9 Å². The summed E-state index contributed by atoms with van der Waals surface area (Å²) in [6.45, 7) is 2.15. The minimum Gasteiger partial charge on any atom is -0.256 e. The Bertz CT molecular complexity index is 1010. The summed E-state index contributed by atoms with van der Waals surface area (Å²) in [5.74, 6) is 2.78. The molecule has 0 saturated heterocycles. The summed E-state index contributed by atoms with van der Waals surface area (Å²) >= 11 is 6.05. The van der Waals surface area contributed by atoms with E-state index in [1.165, 1.54) is 73.6 Å². The molecular weight excluding hydrogens is 398 g/mol. The lowest BCUT2D eigenvalue weighted by molar-refractivity contribution is 0.235. The molecule has 1 nitrogen and oxygen atoms in total. The number of pyridine rings is 1. The number of halogens is 1. The molecule has 0 spiro atoms. The first-order valence-electron chi connectivity index (χ1n) is 12.0. The molecule has 0 aliphatic heterocycles. The van der Waals surface area contributed by atoms with Crippen molar-refractivity contribution in [3.63, 3.8) is 0 Å². The van der Waals surface area contributed by atoms with Gasteiger partial charge in [-0.25, -0.2) is 0 Å². The normalized spacial score (nSPS) is 22.0. The minimum absolute atomic E-state index is 0.745. The molecule has 31 heavy (non-hydrogen) atoms. The van der Waals surface area contributed by atoms with Gasteiger partial charge in [0.1, 0.15) is 0 Å². The zero-order valence-corrected chi connectivity index (χ0v) is 19.2. The Hall–Kier alpha value is -2.12. The van der Waals surface area contributed by atoms with E-state index in [1.54, 1.807) is 0 Å². The van der Waals surface area contributed by atoms with Gasteiger partial charge in [0.2, 0.25) is 0 Å². The van der Waals surface area contributed by atoms with Gasteiger partial charge in [0.05, 0.1) is 5.69 Å². The lowest BCUT2D eigenvalue weighted by Crippen LogP contribution is -2.19. The van der Waals surface area contributed by atoms with Gasteiger partial charge >= 0.3 is 0 Å². The molecule has 5 rings (SSSR count). The van der Waals surface area contributed by atoms with Gasteiger partial charge in [-0.1, -0.05) is 73.7 Å². The first-order chi connectivity index (χ1) is 15.2. The standard InChI is InChI=1S/C29H32ClN/c1-20-19-31-29(26-14-16-27(30)17-15-26)18-28(20)25-12-10-24(11-13-25)23-8-6-22(7-9-23)21-4-2-3-5-21/h10-19,21-23H,2-9H2,1H3. The molecule has 0 amide bonds. The van der Waals surface area contributed by atoms with Crippen molar-refractivity contribution in [1.29, 1.82) is 0 Å². The smallest absolute Gasteiger partial charge is 0.0708 e. The van der Waals surface area contributed by atoms with E-state index in [0.717, 1.165) is 34.0 Å². The first kappa shape index (κ1) is 20.8. The fourth-order valence-electron chi connectivity index (χ4n) is 5.90. The van der Waals surface area contributed by atoms with E-state index >= 15 is 0 Å². The van der Waals surface area contributed by atoms with E-state index in [-0.39, 0.29) is 0 Å². The molecule has 2 aliphatic rings. The molecule has 0 bridgehead atoms. The van der Waals surface area contributed by atoms with E-state index in [2.05, 4.69) is 42.2 Å². The molecule has 2 aromatic carbocycles. The summed E-state index contributed by atoms with van der Waals surface area (Å²) in [5, 5.41) is 0.754. The second kappa shape index (κ2) is 9.17. The van der Waals surface area contributed by atoms with E-state index < -0.39 is 0 Å².